The van der Waals surface area contributed by atoms with Crippen LogP contribution in [0.5, 0.6) is 0 Å². The van der Waals surface area contributed by atoms with E-state index in [2.05, 4.69) is 5.32 Å². The lowest BCUT2D eigenvalue weighted by atomic mass is 10.5. The molecule has 0 aromatic rings. The van der Waals surface area contributed by atoms with Gasteiger partial charge < -0.3 is 15.3 Å². The Morgan fingerprint density at radius 2 is 2.09 bits per heavy atom. The predicted molar refractivity (Wildman–Crippen MR) is 39.6 cm³/mol. The van der Waals surface area contributed by atoms with E-state index in [1.807, 2.05) is 0 Å². The van der Waals surface area contributed by atoms with E-state index in [-0.39, 0.29) is 0 Å². The molecule has 2 N–H and O–H groups in total. The Morgan fingerprint density at radius 3 is 2.36 bits per heavy atom. The summed E-state index contributed by atoms with van der Waals surface area (Å²) in [6.45, 7) is 1.51. The van der Waals surface area contributed by atoms with Gasteiger partial charge in [0.25, 0.3) is 0 Å². The Kier molecular flexibility index (Phi) is 3.67. The summed E-state index contributed by atoms with van der Waals surface area (Å²) in [5, 5.41) is 9.58. The summed E-state index contributed by atoms with van der Waals surface area (Å²) >= 11 is 5.06. The van der Waals surface area contributed by atoms with Crippen LogP contribution in [0.2, 0.25) is 0 Å². The van der Waals surface area contributed by atoms with Crippen LogP contribution in [0.15, 0.2) is 0 Å². The highest BCUT2D eigenvalue weighted by molar-refractivity contribution is 6.62. The molecule has 0 saturated heterocycles. The zero-order valence-corrected chi connectivity index (χ0v) is 6.92. The minimum Gasteiger partial charge on any atom is -0.465 e. The summed E-state index contributed by atoms with van der Waals surface area (Å²) in [7, 11) is 1.40. The van der Waals surface area contributed by atoms with Gasteiger partial charge in [-0.25, -0.2) is 4.79 Å². The molecule has 0 aliphatic heterocycles. The third-order valence-electron chi connectivity index (χ3n) is 1.19. The molecule has 0 aliphatic carbocycles. The second kappa shape index (κ2) is 4.02. The van der Waals surface area contributed by atoms with E-state index in [1.54, 1.807) is 0 Å². The zero-order valence-electron chi connectivity index (χ0n) is 6.17. The maximum Gasteiger partial charge on any atom is 0.406 e. The molecule has 0 rings (SSSR count). The highest BCUT2D eigenvalue weighted by Crippen LogP contribution is 1.96. The maximum atomic E-state index is 10.4. The van der Waals surface area contributed by atoms with Crippen molar-refractivity contribution in [1.82, 2.24) is 10.2 Å². The second-order valence-corrected chi connectivity index (χ2v) is 2.31. The first-order chi connectivity index (χ1) is 4.95. The molecular formula is C5H9ClN2O3. The lowest BCUT2D eigenvalue weighted by molar-refractivity contribution is 0.172. The molecule has 0 radical (unpaired) electrons. The fourth-order valence-corrected chi connectivity index (χ4v) is 0.574. The topological polar surface area (TPSA) is 69.6 Å². The van der Waals surface area contributed by atoms with Crippen molar-refractivity contribution in [3.8, 4) is 0 Å². The van der Waals surface area contributed by atoms with Crippen LogP contribution in [0.25, 0.3) is 0 Å². The van der Waals surface area contributed by atoms with Crippen molar-refractivity contribution in [3.05, 3.63) is 0 Å². The molecule has 1 atom stereocenters. The van der Waals surface area contributed by atoms with E-state index in [0.29, 0.717) is 0 Å². The van der Waals surface area contributed by atoms with Gasteiger partial charge in [-0.1, -0.05) is 0 Å². The van der Waals surface area contributed by atoms with Gasteiger partial charge in [-0.3, -0.25) is 4.79 Å². The Hall–Kier alpha value is -0.970. The van der Waals surface area contributed by atoms with Crippen LogP contribution in [0.3, 0.4) is 0 Å². The zero-order chi connectivity index (χ0) is 9.02. The van der Waals surface area contributed by atoms with Crippen LogP contribution >= 0.6 is 11.6 Å². The van der Waals surface area contributed by atoms with E-state index in [4.69, 9.17) is 16.7 Å². The average molecular weight is 181 g/mol. The summed E-state index contributed by atoms with van der Waals surface area (Å²) in [4.78, 5) is 21.5. The lowest BCUT2D eigenvalue weighted by Gasteiger charge is -2.21. The molecular weight excluding hydrogens is 172 g/mol. The predicted octanol–water partition coefficient (Wildman–Crippen LogP) is 0.891. The van der Waals surface area contributed by atoms with E-state index in [9.17, 15) is 9.59 Å². The van der Waals surface area contributed by atoms with Crippen LogP contribution in [-0.4, -0.2) is 34.7 Å². The Balaban J connectivity index is 3.92. The van der Waals surface area contributed by atoms with Crippen LogP contribution in [-0.2, 0) is 0 Å². The number of carbonyl (C=O) groups is 2. The summed E-state index contributed by atoms with van der Waals surface area (Å²) in [6, 6.07) is 0. The van der Waals surface area contributed by atoms with E-state index in [1.165, 1.54) is 14.0 Å². The van der Waals surface area contributed by atoms with E-state index < -0.39 is 17.6 Å². The number of hydrogen-bond donors (Lipinski definition) is 2. The highest BCUT2D eigenvalue weighted by Gasteiger charge is 2.14. The van der Waals surface area contributed by atoms with Crippen molar-refractivity contribution in [1.29, 1.82) is 0 Å². The summed E-state index contributed by atoms with van der Waals surface area (Å²) in [6.07, 6.45) is -1.81. The number of hydrogen-bond acceptors (Lipinski definition) is 2. The van der Waals surface area contributed by atoms with Crippen molar-refractivity contribution in [2.75, 3.05) is 7.05 Å². The smallest absolute Gasteiger partial charge is 0.406 e. The number of carbonyl (C=O) groups excluding carboxylic acids is 1. The number of amides is 2. The standard InChI is InChI=1S/C5H9ClN2O3/c1-3(7-5(10)11)8(2)4(6)9/h3,7H,1-2H3,(H,10,11). The summed E-state index contributed by atoms with van der Waals surface area (Å²) in [5.74, 6) is 0. The van der Waals surface area contributed by atoms with Crippen molar-refractivity contribution in [3.63, 3.8) is 0 Å². The minimum atomic E-state index is -1.19. The SMILES string of the molecule is CC(NC(=O)O)N(C)C(=O)Cl. The van der Waals surface area contributed by atoms with Crippen LogP contribution in [0.1, 0.15) is 6.92 Å². The fourth-order valence-electron chi connectivity index (χ4n) is 0.428. The fraction of sp³-hybridized carbons (Fsp3) is 0.600. The van der Waals surface area contributed by atoms with Gasteiger partial charge in [0, 0.05) is 7.05 Å². The molecule has 11 heavy (non-hydrogen) atoms. The van der Waals surface area contributed by atoms with Gasteiger partial charge in [0.05, 0.1) is 0 Å². The van der Waals surface area contributed by atoms with Crippen molar-refractivity contribution in [2.24, 2.45) is 0 Å². The number of rotatable bonds is 2. The monoisotopic (exact) mass is 180 g/mol. The van der Waals surface area contributed by atoms with Crippen LogP contribution < -0.4 is 5.32 Å². The minimum absolute atomic E-state index is 0.613. The van der Waals surface area contributed by atoms with Gasteiger partial charge in [0.2, 0.25) is 0 Å². The molecule has 2 amide bonds. The summed E-state index contributed by atoms with van der Waals surface area (Å²) in [5.41, 5.74) is 0. The van der Waals surface area contributed by atoms with Crippen molar-refractivity contribution < 1.29 is 14.7 Å². The molecule has 0 aliphatic rings. The van der Waals surface area contributed by atoms with Gasteiger partial charge in [0.15, 0.2) is 0 Å². The van der Waals surface area contributed by atoms with Gasteiger partial charge in [-0.15, -0.1) is 0 Å². The third-order valence-corrected chi connectivity index (χ3v) is 1.46. The molecule has 5 nitrogen and oxygen atoms in total. The first kappa shape index (κ1) is 10.0. The molecule has 0 bridgehead atoms. The number of nitrogens with one attached hydrogen (secondary N) is 1. The molecule has 0 aromatic heterocycles. The van der Waals surface area contributed by atoms with Crippen molar-refractivity contribution >= 4 is 23.1 Å². The molecule has 1 unspecified atom stereocenters. The number of nitrogens with zero attached hydrogens (tertiary/aromatic N) is 1. The first-order valence-corrected chi connectivity index (χ1v) is 3.24. The Morgan fingerprint density at radius 1 is 1.64 bits per heavy atom. The first-order valence-electron chi connectivity index (χ1n) is 2.87. The Bertz CT molecular complexity index is 173. The lowest BCUT2D eigenvalue weighted by Crippen LogP contribution is -2.44. The quantitative estimate of drug-likeness (QED) is 0.377. The van der Waals surface area contributed by atoms with E-state index in [0.717, 1.165) is 4.90 Å². The normalized spacial score (nSPS) is 11.9. The van der Waals surface area contributed by atoms with Crippen molar-refractivity contribution in [2.45, 2.75) is 13.1 Å². The van der Waals surface area contributed by atoms with Gasteiger partial charge in [-0.2, -0.15) is 0 Å². The van der Waals surface area contributed by atoms with Gasteiger partial charge in [0.1, 0.15) is 6.17 Å². The molecule has 0 spiro atoms. The molecule has 0 heterocycles. The number of carboxylic acid groups (broad SMARTS) is 1. The number of halogens is 1. The Labute approximate surface area is 68.9 Å². The molecule has 6 heteroatoms. The largest absolute Gasteiger partial charge is 0.465 e. The van der Waals surface area contributed by atoms with Gasteiger partial charge >= 0.3 is 11.5 Å². The molecule has 0 fully saturated rings. The third kappa shape index (κ3) is 3.67. The summed E-state index contributed by atoms with van der Waals surface area (Å²) < 4.78 is 0. The molecule has 64 valence electrons. The molecule has 0 aromatic carbocycles. The second-order valence-electron chi connectivity index (χ2n) is 1.99. The van der Waals surface area contributed by atoms with Gasteiger partial charge in [-0.05, 0) is 18.5 Å². The maximum absolute atomic E-state index is 10.4. The highest BCUT2D eigenvalue weighted by atomic mass is 35.5. The molecule has 0 saturated carbocycles. The average Bonchev–Trinajstić information content (AvgIpc) is 1.84. The van der Waals surface area contributed by atoms with Crippen LogP contribution in [0.4, 0.5) is 9.59 Å². The van der Waals surface area contributed by atoms with E-state index >= 15 is 0 Å². The van der Waals surface area contributed by atoms with Crippen LogP contribution in [0, 0.1) is 0 Å².